The number of hydrogen-bond donors (Lipinski definition) is 3. The number of aryl methyl sites for hydroxylation is 2. The van der Waals surface area contributed by atoms with Gasteiger partial charge in [0.25, 0.3) is 0 Å². The molecule has 1 aromatic heterocycles. The number of hydrogen-bond acceptors (Lipinski definition) is 5. The van der Waals surface area contributed by atoms with Crippen molar-refractivity contribution in [3.8, 4) is 0 Å². The molecule has 1 saturated heterocycles. The van der Waals surface area contributed by atoms with Crippen molar-refractivity contribution in [2.45, 2.75) is 43.6 Å². The summed E-state index contributed by atoms with van der Waals surface area (Å²) in [6, 6.07) is 0. The van der Waals surface area contributed by atoms with Crippen molar-refractivity contribution in [2.75, 3.05) is 19.6 Å². The smallest absolute Gasteiger partial charge is 0.244 e. The number of nitrogens with zero attached hydrogens (tertiary/aromatic N) is 2. The molecule has 1 aromatic rings. The highest BCUT2D eigenvalue weighted by molar-refractivity contribution is 7.89. The Balaban J connectivity index is 2.14. The highest BCUT2D eigenvalue weighted by Gasteiger charge is 2.31. The van der Waals surface area contributed by atoms with E-state index < -0.39 is 15.6 Å². The molecular formula is C13H24N4O3S. The van der Waals surface area contributed by atoms with E-state index in [0.29, 0.717) is 30.8 Å². The van der Waals surface area contributed by atoms with Gasteiger partial charge in [-0.2, -0.15) is 5.10 Å². The van der Waals surface area contributed by atoms with Crippen LogP contribution in [0.1, 0.15) is 30.7 Å². The van der Waals surface area contributed by atoms with Crippen LogP contribution in [0, 0.1) is 13.8 Å². The van der Waals surface area contributed by atoms with Gasteiger partial charge in [0.15, 0.2) is 0 Å². The fourth-order valence-electron chi connectivity index (χ4n) is 2.73. The molecule has 2 heterocycles. The van der Waals surface area contributed by atoms with E-state index in [1.165, 1.54) is 0 Å². The average Bonchev–Trinajstić information content (AvgIpc) is 2.56. The lowest BCUT2D eigenvalue weighted by Gasteiger charge is -2.26. The van der Waals surface area contributed by atoms with E-state index in [0.717, 1.165) is 13.0 Å². The molecule has 0 spiro atoms. The van der Waals surface area contributed by atoms with E-state index in [1.54, 1.807) is 25.6 Å². The summed E-state index contributed by atoms with van der Waals surface area (Å²) in [4.78, 5) is 0.209. The molecule has 2 rings (SSSR count). The Morgan fingerprint density at radius 3 is 2.71 bits per heavy atom. The molecule has 3 N–H and O–H groups in total. The molecular weight excluding hydrogens is 292 g/mol. The zero-order chi connectivity index (χ0) is 15.7. The van der Waals surface area contributed by atoms with Crippen molar-refractivity contribution in [3.05, 3.63) is 11.4 Å². The van der Waals surface area contributed by atoms with E-state index in [9.17, 15) is 13.5 Å². The summed E-state index contributed by atoms with van der Waals surface area (Å²) >= 11 is 0. The van der Waals surface area contributed by atoms with Crippen LogP contribution < -0.4 is 10.0 Å². The number of nitrogens with one attached hydrogen (secondary N) is 2. The van der Waals surface area contributed by atoms with Crippen molar-refractivity contribution >= 4 is 10.0 Å². The van der Waals surface area contributed by atoms with Crippen LogP contribution in [0.5, 0.6) is 0 Å². The molecule has 7 nitrogen and oxygen atoms in total. The second-order valence-electron chi connectivity index (χ2n) is 5.78. The van der Waals surface area contributed by atoms with Crippen LogP contribution in [0.3, 0.4) is 0 Å². The highest BCUT2D eigenvalue weighted by atomic mass is 32.2. The maximum absolute atomic E-state index is 12.5. The lowest BCUT2D eigenvalue weighted by atomic mass is 9.95. The molecule has 0 aromatic carbocycles. The number of sulfonamides is 1. The van der Waals surface area contributed by atoms with Gasteiger partial charge in [-0.1, -0.05) is 0 Å². The first kappa shape index (κ1) is 16.4. The first-order valence-corrected chi connectivity index (χ1v) is 8.66. The molecule has 8 heteroatoms. The molecule has 1 atom stereocenters. The molecule has 120 valence electrons. The van der Waals surface area contributed by atoms with Crippen LogP contribution in [0.15, 0.2) is 4.90 Å². The quantitative estimate of drug-likeness (QED) is 0.716. The summed E-state index contributed by atoms with van der Waals surface area (Å²) in [5.74, 6) is 0. The van der Waals surface area contributed by atoms with Gasteiger partial charge >= 0.3 is 0 Å². The summed E-state index contributed by atoms with van der Waals surface area (Å²) in [5.41, 5.74) is 0.0761. The molecule has 0 saturated carbocycles. The molecule has 21 heavy (non-hydrogen) atoms. The standard InChI is InChI=1S/C13H24N4O3S/c1-10-12(11(2)17(3)16-10)21(19,20)15-9-13(18)5-4-7-14-8-6-13/h14-15,18H,4-9H2,1-3H3/t13-/m1/s1. The Kier molecular flexibility index (Phi) is 4.72. The highest BCUT2D eigenvalue weighted by Crippen LogP contribution is 2.22. The monoisotopic (exact) mass is 316 g/mol. The van der Waals surface area contributed by atoms with Crippen LogP contribution in [-0.2, 0) is 17.1 Å². The van der Waals surface area contributed by atoms with Gasteiger partial charge in [0.05, 0.1) is 17.0 Å². The lowest BCUT2D eigenvalue weighted by molar-refractivity contribution is 0.0335. The second kappa shape index (κ2) is 6.04. The SMILES string of the molecule is Cc1nn(C)c(C)c1S(=O)(=O)NC[C@@]1(O)CCCNCC1. The third-order valence-corrected chi connectivity index (χ3v) is 5.72. The van der Waals surface area contributed by atoms with Crippen molar-refractivity contribution in [2.24, 2.45) is 7.05 Å². The van der Waals surface area contributed by atoms with Crippen LogP contribution in [0.4, 0.5) is 0 Å². The first-order chi connectivity index (χ1) is 9.75. The summed E-state index contributed by atoms with van der Waals surface area (Å²) < 4.78 is 29.0. The van der Waals surface area contributed by atoms with Crippen LogP contribution >= 0.6 is 0 Å². The first-order valence-electron chi connectivity index (χ1n) is 7.18. The Morgan fingerprint density at radius 2 is 2.10 bits per heavy atom. The van der Waals surface area contributed by atoms with Gasteiger partial charge in [0.1, 0.15) is 4.90 Å². The van der Waals surface area contributed by atoms with Crippen molar-refractivity contribution < 1.29 is 13.5 Å². The third-order valence-electron chi connectivity index (χ3n) is 4.07. The van der Waals surface area contributed by atoms with E-state index in [4.69, 9.17) is 0 Å². The van der Waals surface area contributed by atoms with Gasteiger partial charge in [-0.05, 0) is 46.2 Å². The molecule has 1 aliphatic rings. The summed E-state index contributed by atoms with van der Waals surface area (Å²) in [6.07, 6.45) is 1.97. The zero-order valence-electron chi connectivity index (χ0n) is 12.8. The van der Waals surface area contributed by atoms with Crippen LogP contribution in [0.2, 0.25) is 0 Å². The van der Waals surface area contributed by atoms with E-state index in [2.05, 4.69) is 15.1 Å². The zero-order valence-corrected chi connectivity index (χ0v) is 13.6. The topological polar surface area (TPSA) is 96.2 Å². The summed E-state index contributed by atoms with van der Waals surface area (Å²) in [6.45, 7) is 4.98. The Labute approximate surface area is 125 Å². The minimum absolute atomic E-state index is 0.0325. The van der Waals surface area contributed by atoms with Gasteiger partial charge < -0.3 is 10.4 Å². The minimum atomic E-state index is -3.66. The average molecular weight is 316 g/mol. The van der Waals surface area contributed by atoms with Gasteiger partial charge in [-0.15, -0.1) is 0 Å². The number of aliphatic hydroxyl groups is 1. The van der Waals surface area contributed by atoms with E-state index in [1.807, 2.05) is 0 Å². The van der Waals surface area contributed by atoms with Crippen molar-refractivity contribution in [1.29, 1.82) is 0 Å². The number of aromatic nitrogens is 2. The Hall–Kier alpha value is -0.960. The fourth-order valence-corrected chi connectivity index (χ4v) is 4.29. The summed E-state index contributed by atoms with van der Waals surface area (Å²) in [7, 11) is -1.95. The minimum Gasteiger partial charge on any atom is -0.388 e. The number of rotatable bonds is 4. The van der Waals surface area contributed by atoms with Crippen LogP contribution in [0.25, 0.3) is 0 Å². The molecule has 0 bridgehead atoms. The molecule has 0 radical (unpaired) electrons. The molecule has 1 fully saturated rings. The Morgan fingerprint density at radius 1 is 1.38 bits per heavy atom. The lowest BCUT2D eigenvalue weighted by Crippen LogP contribution is -2.43. The van der Waals surface area contributed by atoms with E-state index in [-0.39, 0.29) is 11.4 Å². The largest absolute Gasteiger partial charge is 0.388 e. The van der Waals surface area contributed by atoms with Crippen LogP contribution in [-0.4, -0.2) is 48.5 Å². The van der Waals surface area contributed by atoms with Gasteiger partial charge in [0.2, 0.25) is 10.0 Å². The predicted molar refractivity (Wildman–Crippen MR) is 79.5 cm³/mol. The predicted octanol–water partition coefficient (Wildman–Crippen LogP) is -0.180. The molecule has 0 aliphatic carbocycles. The summed E-state index contributed by atoms with van der Waals surface area (Å²) in [5, 5.41) is 17.8. The maximum Gasteiger partial charge on any atom is 0.244 e. The molecule has 0 amide bonds. The fraction of sp³-hybridized carbons (Fsp3) is 0.769. The molecule has 0 unspecified atom stereocenters. The van der Waals surface area contributed by atoms with Gasteiger partial charge in [0, 0.05) is 13.6 Å². The third kappa shape index (κ3) is 3.63. The normalized spacial score (nSPS) is 24.0. The van der Waals surface area contributed by atoms with Crippen molar-refractivity contribution in [3.63, 3.8) is 0 Å². The molecule has 1 aliphatic heterocycles. The van der Waals surface area contributed by atoms with E-state index >= 15 is 0 Å². The Bertz CT molecular complexity index is 601. The van der Waals surface area contributed by atoms with Crippen molar-refractivity contribution in [1.82, 2.24) is 19.8 Å². The van der Waals surface area contributed by atoms with Gasteiger partial charge in [-0.25, -0.2) is 13.1 Å². The van der Waals surface area contributed by atoms with Gasteiger partial charge in [-0.3, -0.25) is 4.68 Å². The maximum atomic E-state index is 12.5. The second-order valence-corrected chi connectivity index (χ2v) is 7.48.